The zero-order valence-corrected chi connectivity index (χ0v) is 11.0. The summed E-state index contributed by atoms with van der Waals surface area (Å²) in [6.45, 7) is 0.536. The van der Waals surface area contributed by atoms with Crippen LogP contribution in [0, 0.1) is 17.1 Å². The Morgan fingerprint density at radius 3 is 2.75 bits per heavy atom. The van der Waals surface area contributed by atoms with Crippen molar-refractivity contribution in [2.24, 2.45) is 0 Å². The van der Waals surface area contributed by atoms with E-state index < -0.39 is 0 Å². The molecule has 1 aliphatic carbocycles. The third kappa shape index (κ3) is 2.71. The van der Waals surface area contributed by atoms with Crippen molar-refractivity contribution in [2.45, 2.75) is 24.9 Å². The Balaban J connectivity index is 1.62. The lowest BCUT2D eigenvalue weighted by atomic mass is 10.1. The van der Waals surface area contributed by atoms with Crippen LogP contribution in [-0.2, 0) is 6.54 Å². The molecule has 2 aromatic rings. The van der Waals surface area contributed by atoms with Crippen LogP contribution in [0.15, 0.2) is 48.5 Å². The fourth-order valence-corrected chi connectivity index (χ4v) is 2.55. The monoisotopic (exact) mass is 266 g/mol. The standard InChI is InChI=1S/C17H15FN2/c18-15-7-6-13(10-19)14(8-15)11-20-17-9-16(17)12-4-2-1-3-5-12/h1-8,16-17,20H,9,11H2. The molecule has 2 unspecified atom stereocenters. The third-order valence-electron chi connectivity index (χ3n) is 3.76. The molecule has 1 N–H and O–H groups in total. The summed E-state index contributed by atoms with van der Waals surface area (Å²) in [4.78, 5) is 0. The van der Waals surface area contributed by atoms with Gasteiger partial charge < -0.3 is 5.32 Å². The van der Waals surface area contributed by atoms with Crippen molar-refractivity contribution in [2.75, 3.05) is 0 Å². The molecule has 3 rings (SSSR count). The average molecular weight is 266 g/mol. The molecule has 1 fully saturated rings. The number of rotatable bonds is 4. The lowest BCUT2D eigenvalue weighted by Gasteiger charge is -2.06. The Morgan fingerprint density at radius 2 is 2.00 bits per heavy atom. The van der Waals surface area contributed by atoms with Gasteiger partial charge in [0.15, 0.2) is 0 Å². The van der Waals surface area contributed by atoms with Crippen LogP contribution in [-0.4, -0.2) is 6.04 Å². The third-order valence-corrected chi connectivity index (χ3v) is 3.76. The molecule has 20 heavy (non-hydrogen) atoms. The molecular formula is C17H15FN2. The molecule has 2 aromatic carbocycles. The van der Waals surface area contributed by atoms with Crippen molar-refractivity contribution in [3.05, 3.63) is 71.0 Å². The van der Waals surface area contributed by atoms with Gasteiger partial charge in [-0.3, -0.25) is 0 Å². The Kier molecular flexibility index (Phi) is 3.49. The topological polar surface area (TPSA) is 35.8 Å². The maximum atomic E-state index is 13.2. The molecule has 3 heteroatoms. The summed E-state index contributed by atoms with van der Waals surface area (Å²) in [6.07, 6.45) is 1.10. The van der Waals surface area contributed by atoms with Crippen LogP contribution in [0.4, 0.5) is 4.39 Å². The maximum Gasteiger partial charge on any atom is 0.123 e. The lowest BCUT2D eigenvalue weighted by molar-refractivity contribution is 0.617. The minimum absolute atomic E-state index is 0.295. The smallest absolute Gasteiger partial charge is 0.123 e. The molecule has 0 spiro atoms. The summed E-state index contributed by atoms with van der Waals surface area (Å²) in [5.74, 6) is 0.242. The van der Waals surface area contributed by atoms with Gasteiger partial charge in [0.1, 0.15) is 5.82 Å². The summed E-state index contributed by atoms with van der Waals surface area (Å²) in [7, 11) is 0. The molecule has 0 aliphatic heterocycles. The van der Waals surface area contributed by atoms with Gasteiger partial charge in [-0.2, -0.15) is 5.26 Å². The molecule has 100 valence electrons. The second kappa shape index (κ2) is 5.44. The minimum Gasteiger partial charge on any atom is -0.309 e. The van der Waals surface area contributed by atoms with Crippen molar-refractivity contribution in [3.63, 3.8) is 0 Å². The van der Waals surface area contributed by atoms with Gasteiger partial charge in [0.05, 0.1) is 11.6 Å². The van der Waals surface area contributed by atoms with Gasteiger partial charge in [0.25, 0.3) is 0 Å². The van der Waals surface area contributed by atoms with E-state index in [9.17, 15) is 4.39 Å². The molecule has 0 amide bonds. The minimum atomic E-state index is -0.295. The summed E-state index contributed by atoms with van der Waals surface area (Å²) < 4.78 is 13.2. The van der Waals surface area contributed by atoms with E-state index in [1.807, 2.05) is 18.2 Å². The van der Waals surface area contributed by atoms with Crippen LogP contribution in [0.5, 0.6) is 0 Å². The first-order valence-corrected chi connectivity index (χ1v) is 6.75. The molecule has 0 aromatic heterocycles. The van der Waals surface area contributed by atoms with E-state index in [1.165, 1.54) is 23.8 Å². The van der Waals surface area contributed by atoms with Gasteiger partial charge in [-0.05, 0) is 35.7 Å². The van der Waals surface area contributed by atoms with Crippen molar-refractivity contribution in [1.29, 1.82) is 5.26 Å². The van der Waals surface area contributed by atoms with E-state index in [-0.39, 0.29) is 5.82 Å². The lowest BCUT2D eigenvalue weighted by Crippen LogP contribution is -2.18. The summed E-state index contributed by atoms with van der Waals surface area (Å²) >= 11 is 0. The summed E-state index contributed by atoms with van der Waals surface area (Å²) in [5, 5.41) is 12.4. The molecule has 1 aliphatic rings. The molecule has 2 nitrogen and oxygen atoms in total. The molecule has 0 radical (unpaired) electrons. The normalized spacial score (nSPS) is 20.4. The maximum absolute atomic E-state index is 13.2. The van der Waals surface area contributed by atoms with Gasteiger partial charge >= 0.3 is 0 Å². The number of nitriles is 1. The van der Waals surface area contributed by atoms with Crippen LogP contribution >= 0.6 is 0 Å². The highest BCUT2D eigenvalue weighted by Gasteiger charge is 2.37. The van der Waals surface area contributed by atoms with Gasteiger partial charge in [-0.25, -0.2) is 4.39 Å². The number of nitrogens with zero attached hydrogens (tertiary/aromatic N) is 1. The van der Waals surface area contributed by atoms with Crippen molar-refractivity contribution in [1.82, 2.24) is 5.32 Å². The van der Waals surface area contributed by atoms with E-state index in [2.05, 4.69) is 23.5 Å². The molecule has 1 saturated carbocycles. The van der Waals surface area contributed by atoms with Crippen LogP contribution in [0.25, 0.3) is 0 Å². The van der Waals surface area contributed by atoms with Crippen molar-refractivity contribution >= 4 is 0 Å². The van der Waals surface area contributed by atoms with Gasteiger partial charge in [-0.1, -0.05) is 30.3 Å². The SMILES string of the molecule is N#Cc1ccc(F)cc1CNC1CC1c1ccccc1. The molecule has 2 atom stereocenters. The van der Waals surface area contributed by atoms with E-state index >= 15 is 0 Å². The van der Waals surface area contributed by atoms with Crippen LogP contribution in [0.3, 0.4) is 0 Å². The molecule has 0 saturated heterocycles. The number of halogens is 1. The van der Waals surface area contributed by atoms with Crippen LogP contribution < -0.4 is 5.32 Å². The van der Waals surface area contributed by atoms with Crippen molar-refractivity contribution in [3.8, 4) is 6.07 Å². The van der Waals surface area contributed by atoms with E-state index in [0.29, 0.717) is 24.1 Å². The zero-order chi connectivity index (χ0) is 13.9. The molecule has 0 heterocycles. The van der Waals surface area contributed by atoms with Crippen LogP contribution in [0.2, 0.25) is 0 Å². The fraction of sp³-hybridized carbons (Fsp3) is 0.235. The molecule has 0 bridgehead atoms. The highest BCUT2D eigenvalue weighted by atomic mass is 19.1. The highest BCUT2D eigenvalue weighted by molar-refractivity contribution is 5.38. The number of nitrogens with one attached hydrogen (secondary N) is 1. The molecular weight excluding hydrogens is 251 g/mol. The van der Waals surface area contributed by atoms with Crippen LogP contribution in [0.1, 0.15) is 29.0 Å². The van der Waals surface area contributed by atoms with Gasteiger partial charge in [-0.15, -0.1) is 0 Å². The second-order valence-electron chi connectivity index (χ2n) is 5.15. The Hall–Kier alpha value is -2.18. The Bertz CT molecular complexity index is 646. The first kappa shape index (κ1) is 12.8. The Labute approximate surface area is 117 Å². The average Bonchev–Trinajstić information content (AvgIpc) is 3.26. The van der Waals surface area contributed by atoms with E-state index in [0.717, 1.165) is 12.0 Å². The second-order valence-corrected chi connectivity index (χ2v) is 5.15. The predicted molar refractivity (Wildman–Crippen MR) is 75.5 cm³/mol. The van der Waals surface area contributed by atoms with E-state index in [4.69, 9.17) is 5.26 Å². The highest BCUT2D eigenvalue weighted by Crippen LogP contribution is 2.40. The van der Waals surface area contributed by atoms with Gasteiger partial charge in [0, 0.05) is 18.5 Å². The largest absolute Gasteiger partial charge is 0.309 e. The summed E-state index contributed by atoms with van der Waals surface area (Å²) in [5.41, 5.74) is 2.60. The first-order chi connectivity index (χ1) is 9.78. The van der Waals surface area contributed by atoms with E-state index in [1.54, 1.807) is 0 Å². The number of hydrogen-bond acceptors (Lipinski definition) is 2. The fourth-order valence-electron chi connectivity index (χ4n) is 2.55. The van der Waals surface area contributed by atoms with Crippen molar-refractivity contribution < 1.29 is 4.39 Å². The number of hydrogen-bond donors (Lipinski definition) is 1. The predicted octanol–water partition coefficient (Wildman–Crippen LogP) is 3.34. The van der Waals surface area contributed by atoms with Gasteiger partial charge in [0.2, 0.25) is 0 Å². The number of benzene rings is 2. The zero-order valence-electron chi connectivity index (χ0n) is 11.0. The first-order valence-electron chi connectivity index (χ1n) is 6.75. The quantitative estimate of drug-likeness (QED) is 0.921. The Morgan fingerprint density at radius 1 is 1.20 bits per heavy atom. The summed E-state index contributed by atoms with van der Waals surface area (Å²) in [6, 6.07) is 17.2.